The van der Waals surface area contributed by atoms with E-state index in [1.807, 2.05) is 33.2 Å². The van der Waals surface area contributed by atoms with Gasteiger partial charge in [-0.05, 0) is 64.7 Å². The molecule has 0 radical (unpaired) electrons. The Morgan fingerprint density at radius 2 is 1.88 bits per heavy atom. The van der Waals surface area contributed by atoms with Crippen molar-refractivity contribution in [2.24, 2.45) is 0 Å². The quantitative estimate of drug-likeness (QED) is 0.707. The number of rotatable bonds is 8. The van der Waals surface area contributed by atoms with Crippen molar-refractivity contribution in [2.45, 2.75) is 25.2 Å². The molecule has 7 heteroatoms. The zero-order chi connectivity index (χ0) is 18.4. The minimum Gasteiger partial charge on any atom is -0.384 e. The summed E-state index contributed by atoms with van der Waals surface area (Å²) in [5, 5.41) is 3.27. The lowest BCUT2D eigenvalue weighted by Crippen LogP contribution is -2.16. The monoisotopic (exact) mass is 362 g/mol. The van der Waals surface area contributed by atoms with Gasteiger partial charge in [-0.1, -0.05) is 17.7 Å². The summed E-state index contributed by atoms with van der Waals surface area (Å²) in [6.07, 6.45) is 2.66. The summed E-state index contributed by atoms with van der Waals surface area (Å²) in [5.74, 6) is 0.304. The van der Waals surface area contributed by atoms with E-state index in [1.54, 1.807) is 31.3 Å². The van der Waals surface area contributed by atoms with Crippen LogP contribution < -0.4 is 10.0 Å². The van der Waals surface area contributed by atoms with Gasteiger partial charge in [0.05, 0.1) is 16.8 Å². The molecule has 2 rings (SSSR count). The van der Waals surface area contributed by atoms with Crippen LogP contribution in [0.3, 0.4) is 0 Å². The fourth-order valence-electron chi connectivity index (χ4n) is 2.48. The SMILES string of the molecule is Cc1ccc(S(=O)(=O)Nc2ccc(NCCCN(C)C)cn2)c(C)c1. The third-order valence-corrected chi connectivity index (χ3v) is 5.25. The number of aromatic nitrogens is 1. The van der Waals surface area contributed by atoms with Crippen molar-refractivity contribution in [3.05, 3.63) is 47.7 Å². The van der Waals surface area contributed by atoms with Crippen molar-refractivity contribution in [2.75, 3.05) is 37.2 Å². The molecule has 0 aliphatic rings. The van der Waals surface area contributed by atoms with Crippen LogP contribution in [0.1, 0.15) is 17.5 Å². The number of anilines is 2. The summed E-state index contributed by atoms with van der Waals surface area (Å²) < 4.78 is 27.6. The summed E-state index contributed by atoms with van der Waals surface area (Å²) in [4.78, 5) is 6.59. The molecule has 0 saturated heterocycles. The molecule has 0 atom stereocenters. The second-order valence-electron chi connectivity index (χ2n) is 6.39. The van der Waals surface area contributed by atoms with Crippen molar-refractivity contribution >= 4 is 21.5 Å². The Morgan fingerprint density at radius 3 is 2.48 bits per heavy atom. The Balaban J connectivity index is 2.00. The maximum Gasteiger partial charge on any atom is 0.263 e. The highest BCUT2D eigenvalue weighted by Crippen LogP contribution is 2.20. The number of benzene rings is 1. The van der Waals surface area contributed by atoms with Crippen molar-refractivity contribution in [1.82, 2.24) is 9.88 Å². The third kappa shape index (κ3) is 5.72. The zero-order valence-corrected chi connectivity index (χ0v) is 16.0. The summed E-state index contributed by atoms with van der Waals surface area (Å²) >= 11 is 0. The fourth-order valence-corrected chi connectivity index (χ4v) is 3.72. The molecule has 0 spiro atoms. The minimum atomic E-state index is -3.64. The van der Waals surface area contributed by atoms with Crippen LogP contribution in [0, 0.1) is 13.8 Å². The number of aryl methyl sites for hydroxylation is 2. The van der Waals surface area contributed by atoms with E-state index in [2.05, 4.69) is 19.9 Å². The van der Waals surface area contributed by atoms with Gasteiger partial charge in [0.15, 0.2) is 0 Å². The predicted octanol–water partition coefficient (Wildman–Crippen LogP) is 2.86. The molecule has 1 aromatic carbocycles. The van der Waals surface area contributed by atoms with Crippen LogP contribution in [-0.4, -0.2) is 45.5 Å². The van der Waals surface area contributed by atoms with E-state index in [0.29, 0.717) is 11.4 Å². The van der Waals surface area contributed by atoms with E-state index >= 15 is 0 Å². The largest absolute Gasteiger partial charge is 0.384 e. The molecule has 0 fully saturated rings. The first-order valence-corrected chi connectivity index (χ1v) is 9.71. The molecule has 0 bridgehead atoms. The van der Waals surface area contributed by atoms with Crippen LogP contribution >= 0.6 is 0 Å². The third-order valence-electron chi connectivity index (χ3n) is 3.73. The number of pyridine rings is 1. The van der Waals surface area contributed by atoms with E-state index in [9.17, 15) is 8.42 Å². The van der Waals surface area contributed by atoms with Crippen molar-refractivity contribution in [1.29, 1.82) is 0 Å². The van der Waals surface area contributed by atoms with Gasteiger partial charge >= 0.3 is 0 Å². The molecule has 0 unspecified atom stereocenters. The highest BCUT2D eigenvalue weighted by atomic mass is 32.2. The predicted molar refractivity (Wildman–Crippen MR) is 103 cm³/mol. The maximum atomic E-state index is 12.5. The first-order chi connectivity index (χ1) is 11.8. The Labute approximate surface area is 150 Å². The van der Waals surface area contributed by atoms with Crippen molar-refractivity contribution in [3.63, 3.8) is 0 Å². The van der Waals surface area contributed by atoms with E-state index in [4.69, 9.17) is 0 Å². The average Bonchev–Trinajstić information content (AvgIpc) is 2.52. The molecule has 2 aromatic rings. The second-order valence-corrected chi connectivity index (χ2v) is 8.04. The van der Waals surface area contributed by atoms with Gasteiger partial charge in [-0.3, -0.25) is 4.72 Å². The van der Waals surface area contributed by atoms with E-state index in [-0.39, 0.29) is 4.90 Å². The number of nitrogens with zero attached hydrogens (tertiary/aromatic N) is 2. The number of sulfonamides is 1. The lowest BCUT2D eigenvalue weighted by molar-refractivity contribution is 0.405. The number of hydrogen-bond donors (Lipinski definition) is 2. The van der Waals surface area contributed by atoms with E-state index < -0.39 is 10.0 Å². The smallest absolute Gasteiger partial charge is 0.263 e. The van der Waals surface area contributed by atoms with Gasteiger partial charge in [0.2, 0.25) is 0 Å². The molecule has 0 aliphatic carbocycles. The molecule has 25 heavy (non-hydrogen) atoms. The summed E-state index contributed by atoms with van der Waals surface area (Å²) in [7, 11) is 0.437. The van der Waals surface area contributed by atoms with Crippen LogP contribution in [0.4, 0.5) is 11.5 Å². The van der Waals surface area contributed by atoms with Gasteiger partial charge in [-0.2, -0.15) is 0 Å². The second kappa shape index (κ2) is 8.31. The van der Waals surface area contributed by atoms with Gasteiger partial charge in [-0.25, -0.2) is 13.4 Å². The first kappa shape index (κ1) is 19.2. The van der Waals surface area contributed by atoms with Crippen LogP contribution in [0.2, 0.25) is 0 Å². The van der Waals surface area contributed by atoms with Crippen LogP contribution in [-0.2, 0) is 10.0 Å². The van der Waals surface area contributed by atoms with Crippen LogP contribution in [0.25, 0.3) is 0 Å². The topological polar surface area (TPSA) is 74.3 Å². The van der Waals surface area contributed by atoms with Gasteiger partial charge < -0.3 is 10.2 Å². The lowest BCUT2D eigenvalue weighted by Gasteiger charge is -2.12. The van der Waals surface area contributed by atoms with Gasteiger partial charge in [0.25, 0.3) is 10.0 Å². The summed E-state index contributed by atoms with van der Waals surface area (Å²) in [6, 6.07) is 8.74. The molecule has 0 amide bonds. The number of nitrogens with one attached hydrogen (secondary N) is 2. The highest BCUT2D eigenvalue weighted by Gasteiger charge is 2.17. The summed E-state index contributed by atoms with van der Waals surface area (Å²) in [5.41, 5.74) is 2.61. The Hall–Kier alpha value is -2.12. The van der Waals surface area contributed by atoms with Crippen LogP contribution in [0.15, 0.2) is 41.4 Å². The Bertz CT molecular complexity index is 802. The first-order valence-electron chi connectivity index (χ1n) is 8.22. The molecule has 6 nitrogen and oxygen atoms in total. The van der Waals surface area contributed by atoms with E-state index in [1.165, 1.54) is 0 Å². The van der Waals surface area contributed by atoms with Crippen molar-refractivity contribution < 1.29 is 8.42 Å². The van der Waals surface area contributed by atoms with Crippen molar-refractivity contribution in [3.8, 4) is 0 Å². The Kier molecular flexibility index (Phi) is 6.39. The normalized spacial score (nSPS) is 11.6. The molecule has 136 valence electrons. The lowest BCUT2D eigenvalue weighted by atomic mass is 10.2. The minimum absolute atomic E-state index is 0.269. The average molecular weight is 362 g/mol. The zero-order valence-electron chi connectivity index (χ0n) is 15.2. The van der Waals surface area contributed by atoms with Gasteiger partial charge in [-0.15, -0.1) is 0 Å². The number of hydrogen-bond acceptors (Lipinski definition) is 5. The molecular formula is C18H26N4O2S. The van der Waals surface area contributed by atoms with E-state index in [0.717, 1.165) is 30.8 Å². The summed E-state index contributed by atoms with van der Waals surface area (Å²) in [6.45, 7) is 5.57. The Morgan fingerprint density at radius 1 is 1.12 bits per heavy atom. The molecule has 0 saturated carbocycles. The fraction of sp³-hybridized carbons (Fsp3) is 0.389. The van der Waals surface area contributed by atoms with Gasteiger partial charge in [0.1, 0.15) is 5.82 Å². The standard InChI is InChI=1S/C18H26N4O2S/c1-14-6-8-17(15(2)12-14)25(23,24)21-18-9-7-16(13-20-18)19-10-5-11-22(3)4/h6-9,12-13,19H,5,10-11H2,1-4H3,(H,20,21). The van der Waals surface area contributed by atoms with Gasteiger partial charge in [0, 0.05) is 6.54 Å². The molecule has 0 aliphatic heterocycles. The van der Waals surface area contributed by atoms with Crippen LogP contribution in [0.5, 0.6) is 0 Å². The maximum absolute atomic E-state index is 12.5. The molecule has 1 aromatic heterocycles. The molecule has 2 N–H and O–H groups in total. The molecular weight excluding hydrogens is 336 g/mol. The molecule has 1 heterocycles. The highest BCUT2D eigenvalue weighted by molar-refractivity contribution is 7.92.